The van der Waals surface area contributed by atoms with Gasteiger partial charge in [0.15, 0.2) is 0 Å². The minimum absolute atomic E-state index is 0.102. The van der Waals surface area contributed by atoms with Gasteiger partial charge in [-0.3, -0.25) is 9.59 Å². The fourth-order valence-corrected chi connectivity index (χ4v) is 4.88. The summed E-state index contributed by atoms with van der Waals surface area (Å²) in [7, 11) is 1.41. The molecule has 27 heavy (non-hydrogen) atoms. The smallest absolute Gasteiger partial charge is 0.309 e. The molecule has 1 heterocycles. The van der Waals surface area contributed by atoms with E-state index < -0.39 is 5.92 Å². The van der Waals surface area contributed by atoms with E-state index in [-0.39, 0.29) is 18.3 Å². The lowest BCUT2D eigenvalue weighted by atomic mass is 9.68. The Morgan fingerprint density at radius 2 is 1.74 bits per heavy atom. The molecule has 0 radical (unpaired) electrons. The number of hydrogen-bond donors (Lipinski definition) is 0. The van der Waals surface area contributed by atoms with Crippen LogP contribution in [0.3, 0.4) is 0 Å². The highest BCUT2D eigenvalue weighted by atomic mass is 16.5. The molecule has 1 aromatic rings. The van der Waals surface area contributed by atoms with E-state index in [0.29, 0.717) is 11.8 Å². The Hall–Kier alpha value is -1.84. The molecule has 0 N–H and O–H groups in total. The Morgan fingerprint density at radius 1 is 1.07 bits per heavy atom. The van der Waals surface area contributed by atoms with Crippen LogP contribution in [0.4, 0.5) is 0 Å². The van der Waals surface area contributed by atoms with Gasteiger partial charge in [0, 0.05) is 19.5 Å². The highest BCUT2D eigenvalue weighted by Gasteiger charge is 2.37. The quantitative estimate of drug-likeness (QED) is 0.726. The molecule has 1 saturated heterocycles. The maximum Gasteiger partial charge on any atom is 0.309 e. The summed E-state index contributed by atoms with van der Waals surface area (Å²) < 4.78 is 4.99. The van der Waals surface area contributed by atoms with Crippen molar-refractivity contribution in [1.82, 2.24) is 4.90 Å². The summed E-state index contributed by atoms with van der Waals surface area (Å²) in [6.45, 7) is 3.73. The molecule has 1 amide bonds. The molecule has 0 aromatic heterocycles. The van der Waals surface area contributed by atoms with E-state index in [9.17, 15) is 9.59 Å². The van der Waals surface area contributed by atoms with E-state index in [1.165, 1.54) is 39.2 Å². The molecule has 148 valence electrons. The van der Waals surface area contributed by atoms with E-state index in [0.717, 1.165) is 37.1 Å². The fraction of sp³-hybridized carbons (Fsp3) is 0.652. The maximum absolute atomic E-state index is 12.9. The predicted octanol–water partition coefficient (Wildman–Crippen LogP) is 4.29. The molecule has 1 unspecified atom stereocenters. The molecule has 0 bridgehead atoms. The molecule has 1 saturated carbocycles. The van der Waals surface area contributed by atoms with Crippen molar-refractivity contribution >= 4 is 11.9 Å². The standard InChI is InChI=1S/C23H33NO3/c1-18-8-4-5-9-19(18)16-20(22(26)27-2)17-21(25)24-14-12-23(13-15-24)10-6-3-7-11-23/h4-5,8-9,20H,3,6-7,10-17H2,1-2H3. The van der Waals surface area contributed by atoms with Crippen LogP contribution in [0.15, 0.2) is 24.3 Å². The fourth-order valence-electron chi connectivity index (χ4n) is 4.88. The van der Waals surface area contributed by atoms with Crippen molar-refractivity contribution in [1.29, 1.82) is 0 Å². The van der Waals surface area contributed by atoms with Gasteiger partial charge in [-0.15, -0.1) is 0 Å². The van der Waals surface area contributed by atoms with Crippen LogP contribution in [0, 0.1) is 18.3 Å². The van der Waals surface area contributed by atoms with Crippen molar-refractivity contribution in [2.75, 3.05) is 20.2 Å². The number of esters is 1. The van der Waals surface area contributed by atoms with Gasteiger partial charge in [0.25, 0.3) is 0 Å². The number of methoxy groups -OCH3 is 1. The van der Waals surface area contributed by atoms with E-state index in [4.69, 9.17) is 4.74 Å². The van der Waals surface area contributed by atoms with Crippen LogP contribution in [0.25, 0.3) is 0 Å². The van der Waals surface area contributed by atoms with Crippen molar-refractivity contribution < 1.29 is 14.3 Å². The van der Waals surface area contributed by atoms with Crippen molar-refractivity contribution in [2.45, 2.75) is 64.7 Å². The van der Waals surface area contributed by atoms with Gasteiger partial charge in [-0.05, 0) is 55.6 Å². The zero-order valence-corrected chi connectivity index (χ0v) is 16.8. The molecular formula is C23H33NO3. The first kappa shape index (κ1) is 19.9. The molecule has 3 rings (SSSR count). The minimum atomic E-state index is -0.408. The van der Waals surface area contributed by atoms with Gasteiger partial charge in [0.1, 0.15) is 0 Å². The van der Waals surface area contributed by atoms with Crippen LogP contribution in [0.2, 0.25) is 0 Å². The number of piperidine rings is 1. The Bertz CT molecular complexity index is 653. The summed E-state index contributed by atoms with van der Waals surface area (Å²) in [5.41, 5.74) is 2.74. The largest absolute Gasteiger partial charge is 0.469 e. The highest BCUT2D eigenvalue weighted by molar-refractivity contribution is 5.83. The summed E-state index contributed by atoms with van der Waals surface area (Å²) in [6.07, 6.45) is 9.75. The third kappa shape index (κ3) is 4.91. The number of hydrogen-bond acceptors (Lipinski definition) is 3. The molecule has 2 aliphatic rings. The van der Waals surface area contributed by atoms with Gasteiger partial charge in [-0.25, -0.2) is 0 Å². The summed E-state index contributed by atoms with van der Waals surface area (Å²) in [5, 5.41) is 0. The maximum atomic E-state index is 12.9. The molecule has 1 aliphatic heterocycles. The first-order valence-electron chi connectivity index (χ1n) is 10.4. The lowest BCUT2D eigenvalue weighted by molar-refractivity contribution is -0.149. The lowest BCUT2D eigenvalue weighted by Gasteiger charge is -2.44. The highest BCUT2D eigenvalue weighted by Crippen LogP contribution is 2.44. The molecule has 4 heteroatoms. The first-order valence-corrected chi connectivity index (χ1v) is 10.4. The number of likely N-dealkylation sites (tertiary alicyclic amines) is 1. The molecule has 4 nitrogen and oxygen atoms in total. The van der Waals surface area contributed by atoms with Crippen LogP contribution >= 0.6 is 0 Å². The third-order valence-corrected chi connectivity index (χ3v) is 6.77. The summed E-state index contributed by atoms with van der Waals surface area (Å²) in [6, 6.07) is 8.04. The van der Waals surface area contributed by atoms with Crippen LogP contribution < -0.4 is 0 Å². The predicted molar refractivity (Wildman–Crippen MR) is 106 cm³/mol. The Labute approximate surface area is 163 Å². The van der Waals surface area contributed by atoms with E-state index in [1.807, 2.05) is 36.1 Å². The van der Waals surface area contributed by atoms with Crippen molar-refractivity contribution in [3.05, 3.63) is 35.4 Å². The molecule has 2 fully saturated rings. The summed E-state index contributed by atoms with van der Waals surface area (Å²) in [4.78, 5) is 27.2. The normalized spacial score (nSPS) is 20.3. The molecular weight excluding hydrogens is 338 g/mol. The number of nitrogens with zero attached hydrogens (tertiary/aromatic N) is 1. The summed E-state index contributed by atoms with van der Waals surface area (Å²) >= 11 is 0. The zero-order chi connectivity index (χ0) is 19.3. The number of aryl methyl sites for hydroxylation is 1. The monoisotopic (exact) mass is 371 g/mol. The number of rotatable bonds is 5. The average Bonchev–Trinajstić information content (AvgIpc) is 2.69. The van der Waals surface area contributed by atoms with Crippen molar-refractivity contribution in [3.63, 3.8) is 0 Å². The molecule has 1 spiro atoms. The topological polar surface area (TPSA) is 46.6 Å². The van der Waals surface area contributed by atoms with Gasteiger partial charge >= 0.3 is 5.97 Å². The number of ether oxygens (including phenoxy) is 1. The lowest BCUT2D eigenvalue weighted by Crippen LogP contribution is -2.44. The van der Waals surface area contributed by atoms with Crippen LogP contribution in [-0.4, -0.2) is 37.0 Å². The Morgan fingerprint density at radius 3 is 2.37 bits per heavy atom. The van der Waals surface area contributed by atoms with Crippen LogP contribution in [0.5, 0.6) is 0 Å². The number of amides is 1. The Balaban J connectivity index is 1.59. The molecule has 1 aliphatic carbocycles. The van der Waals surface area contributed by atoms with E-state index in [2.05, 4.69) is 0 Å². The Kier molecular flexibility index (Phi) is 6.56. The van der Waals surface area contributed by atoms with Crippen molar-refractivity contribution in [2.24, 2.45) is 11.3 Å². The minimum Gasteiger partial charge on any atom is -0.469 e. The second kappa shape index (κ2) is 8.90. The van der Waals surface area contributed by atoms with Gasteiger partial charge in [-0.1, -0.05) is 43.5 Å². The van der Waals surface area contributed by atoms with E-state index in [1.54, 1.807) is 0 Å². The number of carbonyl (C=O) groups is 2. The summed E-state index contributed by atoms with van der Waals surface area (Å²) in [5.74, 6) is -0.592. The van der Waals surface area contributed by atoms with Crippen LogP contribution in [0.1, 0.15) is 62.5 Å². The third-order valence-electron chi connectivity index (χ3n) is 6.77. The average molecular weight is 372 g/mol. The molecule has 1 atom stereocenters. The second-order valence-electron chi connectivity index (χ2n) is 8.50. The second-order valence-corrected chi connectivity index (χ2v) is 8.50. The zero-order valence-electron chi connectivity index (χ0n) is 16.8. The van der Waals surface area contributed by atoms with Gasteiger partial charge in [0.05, 0.1) is 13.0 Å². The van der Waals surface area contributed by atoms with Gasteiger partial charge < -0.3 is 9.64 Å². The molecule has 1 aromatic carbocycles. The first-order chi connectivity index (χ1) is 13.0. The SMILES string of the molecule is COC(=O)C(CC(=O)N1CCC2(CCCCC2)CC1)Cc1ccccc1C. The van der Waals surface area contributed by atoms with Crippen molar-refractivity contribution in [3.8, 4) is 0 Å². The van der Waals surface area contributed by atoms with Gasteiger partial charge in [-0.2, -0.15) is 0 Å². The van der Waals surface area contributed by atoms with Gasteiger partial charge in [0.2, 0.25) is 5.91 Å². The number of carbonyl (C=O) groups excluding carboxylic acids is 2. The van der Waals surface area contributed by atoms with E-state index >= 15 is 0 Å². The van der Waals surface area contributed by atoms with Crippen LogP contribution in [-0.2, 0) is 20.7 Å². The number of benzene rings is 1.